The van der Waals surface area contributed by atoms with E-state index in [2.05, 4.69) is 44.5 Å². The number of pyridine rings is 1. The van der Waals surface area contributed by atoms with E-state index in [0.29, 0.717) is 6.04 Å². The number of likely N-dealkylation sites (N-methyl/N-ethyl adjacent to an activating group) is 1. The quantitative estimate of drug-likeness (QED) is 0.841. The summed E-state index contributed by atoms with van der Waals surface area (Å²) in [6.07, 6.45) is 3.67. The second-order valence-electron chi connectivity index (χ2n) is 3.35. The maximum absolute atomic E-state index is 4.11. The molecule has 0 saturated heterocycles. The van der Waals surface area contributed by atoms with Crippen LogP contribution in [-0.4, -0.2) is 24.6 Å². The highest BCUT2D eigenvalue weighted by atomic mass is 79.9. The highest BCUT2D eigenvalue weighted by Gasteiger charge is 2.00. The van der Waals surface area contributed by atoms with E-state index in [1.807, 2.05) is 13.2 Å². The van der Waals surface area contributed by atoms with E-state index in [1.165, 1.54) is 5.56 Å². The van der Waals surface area contributed by atoms with Gasteiger partial charge in [-0.1, -0.05) is 0 Å². The van der Waals surface area contributed by atoms with Gasteiger partial charge >= 0.3 is 0 Å². The van der Waals surface area contributed by atoms with Crippen LogP contribution in [0.3, 0.4) is 0 Å². The molecular formula is C10H16BrN3. The van der Waals surface area contributed by atoms with Gasteiger partial charge in [-0.3, -0.25) is 4.98 Å². The fraction of sp³-hybridized carbons (Fsp3) is 0.500. The van der Waals surface area contributed by atoms with Gasteiger partial charge in [-0.15, -0.1) is 0 Å². The van der Waals surface area contributed by atoms with Gasteiger partial charge in [0.1, 0.15) is 0 Å². The van der Waals surface area contributed by atoms with Crippen LogP contribution in [0.2, 0.25) is 0 Å². The summed E-state index contributed by atoms with van der Waals surface area (Å²) in [5, 5.41) is 6.53. The largest absolute Gasteiger partial charge is 0.318 e. The molecule has 1 atom stereocenters. The fourth-order valence-corrected chi connectivity index (χ4v) is 1.64. The van der Waals surface area contributed by atoms with Gasteiger partial charge in [-0.2, -0.15) is 0 Å². The molecular weight excluding hydrogens is 242 g/mol. The monoisotopic (exact) mass is 257 g/mol. The molecule has 4 heteroatoms. The topological polar surface area (TPSA) is 37.0 Å². The summed E-state index contributed by atoms with van der Waals surface area (Å²) in [7, 11) is 1.96. The average Bonchev–Trinajstić information content (AvgIpc) is 2.15. The molecule has 0 aliphatic rings. The molecule has 1 unspecified atom stereocenters. The Bertz CT molecular complexity index is 278. The highest BCUT2D eigenvalue weighted by Crippen LogP contribution is 2.09. The van der Waals surface area contributed by atoms with Crippen molar-refractivity contribution in [3.63, 3.8) is 0 Å². The lowest BCUT2D eigenvalue weighted by molar-refractivity contribution is 0.522. The number of hydrogen-bond acceptors (Lipinski definition) is 3. The molecule has 0 amide bonds. The Morgan fingerprint density at radius 3 is 2.93 bits per heavy atom. The smallest absolute Gasteiger partial charge is 0.0410 e. The molecule has 3 nitrogen and oxygen atoms in total. The summed E-state index contributed by atoms with van der Waals surface area (Å²) < 4.78 is 1.03. The molecule has 78 valence electrons. The highest BCUT2D eigenvalue weighted by molar-refractivity contribution is 9.10. The van der Waals surface area contributed by atoms with Crippen molar-refractivity contribution in [3.05, 3.63) is 28.5 Å². The van der Waals surface area contributed by atoms with Crippen molar-refractivity contribution in [2.45, 2.75) is 19.5 Å². The minimum Gasteiger partial charge on any atom is -0.318 e. The van der Waals surface area contributed by atoms with Crippen LogP contribution in [-0.2, 0) is 6.54 Å². The summed E-state index contributed by atoms with van der Waals surface area (Å²) in [5.41, 5.74) is 1.20. The van der Waals surface area contributed by atoms with Crippen LogP contribution in [0.25, 0.3) is 0 Å². The van der Waals surface area contributed by atoms with Gasteiger partial charge in [0.05, 0.1) is 0 Å². The van der Waals surface area contributed by atoms with E-state index in [4.69, 9.17) is 0 Å². The second-order valence-corrected chi connectivity index (χ2v) is 4.27. The molecule has 0 bridgehead atoms. The summed E-state index contributed by atoms with van der Waals surface area (Å²) in [5.74, 6) is 0. The summed E-state index contributed by atoms with van der Waals surface area (Å²) >= 11 is 3.40. The van der Waals surface area contributed by atoms with Crippen LogP contribution in [0.5, 0.6) is 0 Å². The van der Waals surface area contributed by atoms with Gasteiger partial charge in [-0.25, -0.2) is 0 Å². The Balaban J connectivity index is 2.37. The third-order valence-electron chi connectivity index (χ3n) is 1.93. The summed E-state index contributed by atoms with van der Waals surface area (Å²) in [4.78, 5) is 4.11. The van der Waals surface area contributed by atoms with Crippen LogP contribution in [0.15, 0.2) is 22.9 Å². The molecule has 0 aliphatic heterocycles. The molecule has 1 aromatic heterocycles. The third kappa shape index (κ3) is 4.17. The molecule has 1 aromatic rings. The molecule has 2 N–H and O–H groups in total. The van der Waals surface area contributed by atoms with Gasteiger partial charge in [0.2, 0.25) is 0 Å². The van der Waals surface area contributed by atoms with Crippen LogP contribution >= 0.6 is 15.9 Å². The Morgan fingerprint density at radius 2 is 2.29 bits per heavy atom. The molecule has 0 saturated carbocycles. The predicted octanol–water partition coefficient (Wildman–Crippen LogP) is 1.54. The lowest BCUT2D eigenvalue weighted by Crippen LogP contribution is -2.34. The van der Waals surface area contributed by atoms with E-state index in [-0.39, 0.29) is 0 Å². The Kier molecular flexibility index (Phi) is 5.07. The zero-order valence-electron chi connectivity index (χ0n) is 8.55. The fourth-order valence-electron chi connectivity index (χ4n) is 1.22. The maximum atomic E-state index is 4.11. The summed E-state index contributed by atoms with van der Waals surface area (Å²) in [6.45, 7) is 3.98. The first-order chi connectivity index (χ1) is 6.72. The van der Waals surface area contributed by atoms with E-state index in [9.17, 15) is 0 Å². The molecule has 1 rings (SSSR count). The lowest BCUT2D eigenvalue weighted by Gasteiger charge is -2.12. The van der Waals surface area contributed by atoms with Crippen molar-refractivity contribution in [2.75, 3.05) is 13.6 Å². The lowest BCUT2D eigenvalue weighted by atomic mass is 10.2. The molecule has 0 spiro atoms. The van der Waals surface area contributed by atoms with Gasteiger partial charge in [-0.05, 0) is 41.5 Å². The van der Waals surface area contributed by atoms with E-state index < -0.39 is 0 Å². The number of rotatable bonds is 5. The number of nitrogens with one attached hydrogen (secondary N) is 2. The van der Waals surface area contributed by atoms with Crippen molar-refractivity contribution >= 4 is 15.9 Å². The van der Waals surface area contributed by atoms with Crippen molar-refractivity contribution in [1.82, 2.24) is 15.6 Å². The van der Waals surface area contributed by atoms with Crippen molar-refractivity contribution in [1.29, 1.82) is 0 Å². The Labute approximate surface area is 93.4 Å². The molecule has 0 fully saturated rings. The first-order valence-electron chi connectivity index (χ1n) is 4.70. The first-order valence-corrected chi connectivity index (χ1v) is 5.49. The minimum atomic E-state index is 0.471. The Morgan fingerprint density at radius 1 is 1.50 bits per heavy atom. The average molecular weight is 258 g/mol. The third-order valence-corrected chi connectivity index (χ3v) is 2.36. The standard InChI is InChI=1S/C10H16BrN3/c1-8(4-12-2)14-6-9-3-10(11)7-13-5-9/h3,5,7-8,12,14H,4,6H2,1-2H3. The molecule has 0 aliphatic carbocycles. The molecule has 1 heterocycles. The Hall–Kier alpha value is -0.450. The zero-order chi connectivity index (χ0) is 10.4. The SMILES string of the molecule is CNCC(C)NCc1cncc(Br)c1. The predicted molar refractivity (Wildman–Crippen MR) is 62.2 cm³/mol. The molecule has 14 heavy (non-hydrogen) atoms. The second kappa shape index (κ2) is 6.11. The van der Waals surface area contributed by atoms with Gasteiger partial charge in [0.15, 0.2) is 0 Å². The molecule has 0 aromatic carbocycles. The number of aromatic nitrogens is 1. The van der Waals surface area contributed by atoms with E-state index in [0.717, 1.165) is 17.6 Å². The van der Waals surface area contributed by atoms with Crippen LogP contribution in [0, 0.1) is 0 Å². The van der Waals surface area contributed by atoms with Crippen molar-refractivity contribution < 1.29 is 0 Å². The van der Waals surface area contributed by atoms with Gasteiger partial charge in [0.25, 0.3) is 0 Å². The van der Waals surface area contributed by atoms with Gasteiger partial charge < -0.3 is 10.6 Å². The van der Waals surface area contributed by atoms with Crippen LogP contribution < -0.4 is 10.6 Å². The van der Waals surface area contributed by atoms with Gasteiger partial charge in [0, 0.05) is 36.0 Å². The van der Waals surface area contributed by atoms with Crippen LogP contribution in [0.4, 0.5) is 0 Å². The number of nitrogens with zero attached hydrogens (tertiary/aromatic N) is 1. The maximum Gasteiger partial charge on any atom is 0.0410 e. The molecule has 0 radical (unpaired) electrons. The number of halogens is 1. The summed E-state index contributed by atoms with van der Waals surface area (Å²) in [6, 6.07) is 2.55. The number of hydrogen-bond donors (Lipinski definition) is 2. The van der Waals surface area contributed by atoms with E-state index >= 15 is 0 Å². The van der Waals surface area contributed by atoms with Crippen molar-refractivity contribution in [2.24, 2.45) is 0 Å². The zero-order valence-corrected chi connectivity index (χ0v) is 10.1. The first kappa shape index (κ1) is 11.6. The normalized spacial score (nSPS) is 12.8. The minimum absolute atomic E-state index is 0.471. The van der Waals surface area contributed by atoms with E-state index in [1.54, 1.807) is 6.20 Å². The van der Waals surface area contributed by atoms with Crippen LogP contribution in [0.1, 0.15) is 12.5 Å². The van der Waals surface area contributed by atoms with Crippen molar-refractivity contribution in [3.8, 4) is 0 Å².